The van der Waals surface area contributed by atoms with Crippen molar-refractivity contribution in [2.75, 3.05) is 11.5 Å². The van der Waals surface area contributed by atoms with Gasteiger partial charge < -0.3 is 9.88 Å². The molecule has 15 heavy (non-hydrogen) atoms. The summed E-state index contributed by atoms with van der Waals surface area (Å²) in [6.07, 6.45) is 6.79. The van der Waals surface area contributed by atoms with Crippen LogP contribution in [0.5, 0.6) is 0 Å². The van der Waals surface area contributed by atoms with E-state index in [1.165, 1.54) is 30.0 Å². The summed E-state index contributed by atoms with van der Waals surface area (Å²) in [5.41, 5.74) is 1.17. The predicted octanol–water partition coefficient (Wildman–Crippen LogP) is 1.89. The summed E-state index contributed by atoms with van der Waals surface area (Å²) < 4.78 is 2.19. The van der Waals surface area contributed by atoms with Crippen LogP contribution < -0.4 is 5.32 Å². The van der Waals surface area contributed by atoms with E-state index in [2.05, 4.69) is 28.0 Å². The van der Waals surface area contributed by atoms with Crippen molar-refractivity contribution in [2.24, 2.45) is 0 Å². The zero-order chi connectivity index (χ0) is 10.5. The molecule has 2 rings (SSSR count). The summed E-state index contributed by atoms with van der Waals surface area (Å²) in [4.78, 5) is 4.39. The summed E-state index contributed by atoms with van der Waals surface area (Å²) in [5.74, 6) is 2.38. The topological polar surface area (TPSA) is 29.9 Å². The molecule has 1 aliphatic carbocycles. The van der Waals surface area contributed by atoms with Crippen molar-refractivity contribution in [1.29, 1.82) is 0 Å². The molecular formula is C11H19N3S. The Kier molecular flexibility index (Phi) is 4.09. The number of aromatic nitrogens is 2. The normalized spacial score (nSPS) is 15.8. The fourth-order valence-corrected chi connectivity index (χ4v) is 2.10. The molecule has 0 atom stereocenters. The SMILES string of the molecule is CCSCCn1cnc(CNC2CC2)c1. The number of imidazole rings is 1. The van der Waals surface area contributed by atoms with Crippen molar-refractivity contribution < 1.29 is 0 Å². The minimum atomic E-state index is 0.769. The van der Waals surface area contributed by atoms with Gasteiger partial charge in [-0.25, -0.2) is 4.98 Å². The first kappa shape index (κ1) is 11.0. The van der Waals surface area contributed by atoms with E-state index in [0.29, 0.717) is 0 Å². The highest BCUT2D eigenvalue weighted by atomic mass is 32.2. The number of hydrogen-bond donors (Lipinski definition) is 1. The highest BCUT2D eigenvalue weighted by Gasteiger charge is 2.20. The Morgan fingerprint density at radius 3 is 3.20 bits per heavy atom. The van der Waals surface area contributed by atoms with E-state index < -0.39 is 0 Å². The van der Waals surface area contributed by atoms with Gasteiger partial charge in [0.2, 0.25) is 0 Å². The number of rotatable bonds is 7. The molecule has 4 heteroatoms. The maximum Gasteiger partial charge on any atom is 0.0950 e. The lowest BCUT2D eigenvalue weighted by Crippen LogP contribution is -2.15. The largest absolute Gasteiger partial charge is 0.336 e. The van der Waals surface area contributed by atoms with Gasteiger partial charge in [0, 0.05) is 31.1 Å². The Labute approximate surface area is 95.7 Å². The maximum atomic E-state index is 4.39. The summed E-state index contributed by atoms with van der Waals surface area (Å²) in [7, 11) is 0. The first-order valence-corrected chi connectivity index (χ1v) is 6.85. The molecule has 0 bridgehead atoms. The summed E-state index contributed by atoms with van der Waals surface area (Å²) in [5, 5.41) is 3.47. The van der Waals surface area contributed by atoms with Gasteiger partial charge in [0.25, 0.3) is 0 Å². The van der Waals surface area contributed by atoms with Crippen molar-refractivity contribution in [3.8, 4) is 0 Å². The van der Waals surface area contributed by atoms with Crippen LogP contribution in [0.3, 0.4) is 0 Å². The number of nitrogens with one attached hydrogen (secondary N) is 1. The first-order valence-electron chi connectivity index (χ1n) is 5.70. The van der Waals surface area contributed by atoms with Crippen LogP contribution in [-0.2, 0) is 13.1 Å². The Hall–Kier alpha value is -0.480. The third kappa shape index (κ3) is 3.87. The minimum Gasteiger partial charge on any atom is -0.336 e. The summed E-state index contributed by atoms with van der Waals surface area (Å²) in [6.45, 7) is 4.21. The highest BCUT2D eigenvalue weighted by Crippen LogP contribution is 2.18. The van der Waals surface area contributed by atoms with Gasteiger partial charge in [0.1, 0.15) is 0 Å². The Morgan fingerprint density at radius 1 is 1.60 bits per heavy atom. The van der Waals surface area contributed by atoms with E-state index in [1.54, 1.807) is 0 Å². The zero-order valence-corrected chi connectivity index (χ0v) is 10.1. The molecule has 1 aliphatic rings. The third-order valence-electron chi connectivity index (χ3n) is 2.53. The second-order valence-corrected chi connectivity index (χ2v) is 5.35. The summed E-state index contributed by atoms with van der Waals surface area (Å²) >= 11 is 1.98. The van der Waals surface area contributed by atoms with Crippen LogP contribution in [0.25, 0.3) is 0 Å². The first-order chi connectivity index (χ1) is 7.38. The molecular weight excluding hydrogens is 206 g/mol. The van der Waals surface area contributed by atoms with Gasteiger partial charge in [-0.1, -0.05) is 6.92 Å². The smallest absolute Gasteiger partial charge is 0.0950 e. The van der Waals surface area contributed by atoms with Crippen LogP contribution in [-0.4, -0.2) is 27.1 Å². The van der Waals surface area contributed by atoms with E-state index in [-0.39, 0.29) is 0 Å². The van der Waals surface area contributed by atoms with Crippen molar-refractivity contribution in [3.05, 3.63) is 18.2 Å². The van der Waals surface area contributed by atoms with E-state index in [1.807, 2.05) is 18.1 Å². The van der Waals surface area contributed by atoms with Crippen molar-refractivity contribution in [2.45, 2.75) is 38.9 Å². The molecule has 0 unspecified atom stereocenters. The molecule has 1 heterocycles. The molecule has 1 saturated carbocycles. The quantitative estimate of drug-likeness (QED) is 0.719. The van der Waals surface area contributed by atoms with Gasteiger partial charge in [0.05, 0.1) is 12.0 Å². The van der Waals surface area contributed by atoms with Crippen molar-refractivity contribution >= 4 is 11.8 Å². The number of aryl methyl sites for hydroxylation is 1. The molecule has 1 fully saturated rings. The van der Waals surface area contributed by atoms with Gasteiger partial charge >= 0.3 is 0 Å². The van der Waals surface area contributed by atoms with Crippen LogP contribution in [0.1, 0.15) is 25.5 Å². The van der Waals surface area contributed by atoms with Gasteiger partial charge in [-0.3, -0.25) is 0 Å². The molecule has 1 aromatic rings. The third-order valence-corrected chi connectivity index (χ3v) is 3.41. The van der Waals surface area contributed by atoms with Crippen molar-refractivity contribution in [3.63, 3.8) is 0 Å². The molecule has 3 nitrogen and oxygen atoms in total. The molecule has 1 N–H and O–H groups in total. The molecule has 84 valence electrons. The van der Waals surface area contributed by atoms with Crippen molar-refractivity contribution in [1.82, 2.24) is 14.9 Å². The zero-order valence-electron chi connectivity index (χ0n) is 9.28. The number of thioether (sulfide) groups is 1. The molecule has 0 amide bonds. The Morgan fingerprint density at radius 2 is 2.47 bits per heavy atom. The minimum absolute atomic E-state index is 0.769. The van der Waals surface area contributed by atoms with E-state index in [9.17, 15) is 0 Å². The van der Waals surface area contributed by atoms with Crippen LogP contribution in [0.15, 0.2) is 12.5 Å². The Balaban J connectivity index is 1.70. The lowest BCUT2D eigenvalue weighted by Gasteiger charge is -2.00. The maximum absolute atomic E-state index is 4.39. The van der Waals surface area contributed by atoms with Gasteiger partial charge in [-0.15, -0.1) is 0 Å². The van der Waals surface area contributed by atoms with Crippen LogP contribution in [0, 0.1) is 0 Å². The average Bonchev–Trinajstić information content (AvgIpc) is 2.97. The molecule has 0 aliphatic heterocycles. The van der Waals surface area contributed by atoms with E-state index >= 15 is 0 Å². The summed E-state index contributed by atoms with van der Waals surface area (Å²) in [6, 6.07) is 0.769. The average molecular weight is 225 g/mol. The van der Waals surface area contributed by atoms with Gasteiger partial charge in [0.15, 0.2) is 0 Å². The predicted molar refractivity (Wildman–Crippen MR) is 65.1 cm³/mol. The standard InChI is InChI=1S/C11H19N3S/c1-2-15-6-5-14-8-11(13-9-14)7-12-10-3-4-10/h8-10,12H,2-7H2,1H3. The van der Waals surface area contributed by atoms with Crippen LogP contribution in [0.2, 0.25) is 0 Å². The Bertz CT molecular complexity index is 294. The molecule has 0 saturated heterocycles. The van der Waals surface area contributed by atoms with Gasteiger partial charge in [-0.05, 0) is 18.6 Å². The van der Waals surface area contributed by atoms with Crippen LogP contribution >= 0.6 is 11.8 Å². The fraction of sp³-hybridized carbons (Fsp3) is 0.727. The van der Waals surface area contributed by atoms with E-state index in [4.69, 9.17) is 0 Å². The molecule has 0 spiro atoms. The number of nitrogens with zero attached hydrogens (tertiary/aromatic N) is 2. The number of hydrogen-bond acceptors (Lipinski definition) is 3. The lowest BCUT2D eigenvalue weighted by molar-refractivity contribution is 0.675. The monoisotopic (exact) mass is 225 g/mol. The second-order valence-electron chi connectivity index (χ2n) is 3.95. The second kappa shape index (κ2) is 5.56. The van der Waals surface area contributed by atoms with Gasteiger partial charge in [-0.2, -0.15) is 11.8 Å². The molecule has 1 aromatic heterocycles. The fourth-order valence-electron chi connectivity index (χ4n) is 1.47. The van der Waals surface area contributed by atoms with Crippen LogP contribution in [0.4, 0.5) is 0 Å². The highest BCUT2D eigenvalue weighted by molar-refractivity contribution is 7.99. The molecule has 0 radical (unpaired) electrons. The molecule has 0 aromatic carbocycles. The van der Waals surface area contributed by atoms with E-state index in [0.717, 1.165) is 19.1 Å². The lowest BCUT2D eigenvalue weighted by atomic mass is 10.4.